The monoisotopic (exact) mass is 261 g/mol. The van der Waals surface area contributed by atoms with Crippen molar-refractivity contribution in [2.45, 2.75) is 32.4 Å². The summed E-state index contributed by atoms with van der Waals surface area (Å²) in [7, 11) is 1.57. The number of nitrogens with two attached hydrogens (primary N) is 1. The van der Waals surface area contributed by atoms with Crippen molar-refractivity contribution >= 4 is 0 Å². The van der Waals surface area contributed by atoms with Crippen molar-refractivity contribution in [3.05, 3.63) is 36.3 Å². The molecule has 2 N–H and O–H groups in total. The second kappa shape index (κ2) is 6.29. The number of methoxy groups -OCH3 is 1. The number of nitrogens with zero attached hydrogens (tertiary/aromatic N) is 4. The molecule has 6 heteroatoms. The second-order valence-corrected chi connectivity index (χ2v) is 4.33. The van der Waals surface area contributed by atoms with Crippen molar-refractivity contribution in [3.63, 3.8) is 0 Å². The fraction of sp³-hybridized carbons (Fsp3) is 0.462. The van der Waals surface area contributed by atoms with Crippen LogP contribution >= 0.6 is 0 Å². The quantitative estimate of drug-likeness (QED) is 0.848. The Hall–Kier alpha value is -1.95. The van der Waals surface area contributed by atoms with Gasteiger partial charge >= 0.3 is 0 Å². The third kappa shape index (κ3) is 3.29. The highest BCUT2D eigenvalue weighted by molar-refractivity contribution is 5.17. The van der Waals surface area contributed by atoms with Gasteiger partial charge in [-0.1, -0.05) is 6.92 Å². The number of aromatic nitrogens is 4. The van der Waals surface area contributed by atoms with Gasteiger partial charge in [-0.05, 0) is 6.42 Å². The summed E-state index contributed by atoms with van der Waals surface area (Å²) in [5, 5.41) is 0. The van der Waals surface area contributed by atoms with E-state index in [4.69, 9.17) is 10.5 Å². The predicted octanol–water partition coefficient (Wildman–Crippen LogP) is 1.33. The van der Waals surface area contributed by atoms with Crippen molar-refractivity contribution < 1.29 is 4.74 Å². The molecule has 0 saturated carbocycles. The summed E-state index contributed by atoms with van der Waals surface area (Å²) in [6, 6.07) is 1.55. The zero-order valence-corrected chi connectivity index (χ0v) is 11.3. The fourth-order valence-corrected chi connectivity index (χ4v) is 1.94. The Labute approximate surface area is 112 Å². The molecular formula is C13H19N5O. The molecule has 2 aromatic rings. The summed E-state index contributed by atoms with van der Waals surface area (Å²) in [6.45, 7) is 3.09. The Balaban J connectivity index is 2.11. The maximum Gasteiger partial charge on any atom is 0.216 e. The van der Waals surface area contributed by atoms with Gasteiger partial charge in [-0.3, -0.25) is 0 Å². The Morgan fingerprint density at radius 1 is 1.37 bits per heavy atom. The summed E-state index contributed by atoms with van der Waals surface area (Å²) in [4.78, 5) is 12.5. The zero-order valence-electron chi connectivity index (χ0n) is 11.3. The molecule has 2 aromatic heterocycles. The molecule has 0 bridgehead atoms. The van der Waals surface area contributed by atoms with Crippen LogP contribution in [0.15, 0.2) is 24.8 Å². The molecule has 0 fully saturated rings. The minimum atomic E-state index is -0.213. The third-order valence-corrected chi connectivity index (χ3v) is 2.92. The molecule has 0 aliphatic rings. The first-order valence-electron chi connectivity index (χ1n) is 6.36. The van der Waals surface area contributed by atoms with Gasteiger partial charge in [0.25, 0.3) is 0 Å². The number of aryl methyl sites for hydroxylation is 1. The number of rotatable bonds is 6. The van der Waals surface area contributed by atoms with Crippen LogP contribution in [0.2, 0.25) is 0 Å². The Morgan fingerprint density at radius 3 is 2.95 bits per heavy atom. The molecule has 102 valence electrons. The van der Waals surface area contributed by atoms with E-state index in [1.807, 2.05) is 6.20 Å². The minimum Gasteiger partial charge on any atom is -0.481 e. The third-order valence-electron chi connectivity index (χ3n) is 2.92. The van der Waals surface area contributed by atoms with Crippen LogP contribution in [0, 0.1) is 0 Å². The van der Waals surface area contributed by atoms with E-state index < -0.39 is 0 Å². The van der Waals surface area contributed by atoms with E-state index in [2.05, 4.69) is 26.4 Å². The summed E-state index contributed by atoms with van der Waals surface area (Å²) >= 11 is 0. The minimum absolute atomic E-state index is 0.213. The van der Waals surface area contributed by atoms with Crippen molar-refractivity contribution in [1.82, 2.24) is 19.5 Å². The van der Waals surface area contributed by atoms with E-state index in [0.717, 1.165) is 24.5 Å². The number of hydrogen-bond donors (Lipinski definition) is 1. The van der Waals surface area contributed by atoms with Crippen LogP contribution in [0.25, 0.3) is 0 Å². The smallest absolute Gasteiger partial charge is 0.216 e. The van der Waals surface area contributed by atoms with E-state index in [1.54, 1.807) is 19.4 Å². The highest BCUT2D eigenvalue weighted by Crippen LogP contribution is 2.16. The Kier molecular flexibility index (Phi) is 4.46. The first kappa shape index (κ1) is 13.5. The van der Waals surface area contributed by atoms with Gasteiger partial charge in [-0.25, -0.2) is 15.0 Å². The van der Waals surface area contributed by atoms with Gasteiger partial charge in [0.05, 0.1) is 18.8 Å². The second-order valence-electron chi connectivity index (χ2n) is 4.33. The van der Waals surface area contributed by atoms with Crippen LogP contribution in [0.4, 0.5) is 0 Å². The SMILES string of the molecule is CCCn1ccnc1CC(N)c1cc(OC)ncn1. The summed E-state index contributed by atoms with van der Waals surface area (Å²) < 4.78 is 7.20. The van der Waals surface area contributed by atoms with Crippen LogP contribution < -0.4 is 10.5 Å². The topological polar surface area (TPSA) is 78.9 Å². The molecule has 2 rings (SSSR count). The van der Waals surface area contributed by atoms with Gasteiger partial charge in [0, 0.05) is 31.4 Å². The van der Waals surface area contributed by atoms with Gasteiger partial charge in [0.1, 0.15) is 12.2 Å². The Bertz CT molecular complexity index is 525. The molecule has 0 saturated heterocycles. The molecule has 0 spiro atoms. The fourth-order valence-electron chi connectivity index (χ4n) is 1.94. The van der Waals surface area contributed by atoms with E-state index in [0.29, 0.717) is 12.3 Å². The van der Waals surface area contributed by atoms with Crippen molar-refractivity contribution in [3.8, 4) is 5.88 Å². The largest absolute Gasteiger partial charge is 0.481 e. The molecule has 2 heterocycles. The average molecular weight is 261 g/mol. The first-order chi connectivity index (χ1) is 9.24. The van der Waals surface area contributed by atoms with Crippen molar-refractivity contribution in [2.24, 2.45) is 5.73 Å². The predicted molar refractivity (Wildman–Crippen MR) is 71.7 cm³/mol. The van der Waals surface area contributed by atoms with E-state index in [-0.39, 0.29) is 6.04 Å². The maximum absolute atomic E-state index is 6.18. The zero-order chi connectivity index (χ0) is 13.7. The molecule has 0 radical (unpaired) electrons. The number of hydrogen-bond acceptors (Lipinski definition) is 5. The van der Waals surface area contributed by atoms with Gasteiger partial charge in [0.2, 0.25) is 5.88 Å². The first-order valence-corrected chi connectivity index (χ1v) is 6.36. The normalized spacial score (nSPS) is 12.4. The van der Waals surface area contributed by atoms with Crippen molar-refractivity contribution in [2.75, 3.05) is 7.11 Å². The summed E-state index contributed by atoms with van der Waals surface area (Å²) in [5.41, 5.74) is 6.94. The molecule has 0 amide bonds. The summed E-state index contributed by atoms with van der Waals surface area (Å²) in [5.74, 6) is 1.50. The molecule has 6 nitrogen and oxygen atoms in total. The molecule has 1 unspecified atom stereocenters. The number of ether oxygens (including phenoxy) is 1. The van der Waals surface area contributed by atoms with Crippen LogP contribution in [-0.4, -0.2) is 26.6 Å². The van der Waals surface area contributed by atoms with Gasteiger partial charge in [0.15, 0.2) is 0 Å². The lowest BCUT2D eigenvalue weighted by molar-refractivity contribution is 0.395. The molecule has 0 aliphatic heterocycles. The highest BCUT2D eigenvalue weighted by atomic mass is 16.5. The molecule has 0 aromatic carbocycles. The van der Waals surface area contributed by atoms with E-state index in [1.165, 1.54) is 6.33 Å². The maximum atomic E-state index is 6.18. The van der Waals surface area contributed by atoms with Crippen LogP contribution in [-0.2, 0) is 13.0 Å². The summed E-state index contributed by atoms with van der Waals surface area (Å²) in [6.07, 6.45) is 6.96. The van der Waals surface area contributed by atoms with E-state index >= 15 is 0 Å². The molecule has 1 atom stereocenters. The lowest BCUT2D eigenvalue weighted by Crippen LogP contribution is -2.18. The number of imidazole rings is 1. The van der Waals surface area contributed by atoms with Gasteiger partial charge in [-0.2, -0.15) is 0 Å². The average Bonchev–Trinajstić information content (AvgIpc) is 2.86. The highest BCUT2D eigenvalue weighted by Gasteiger charge is 2.13. The lowest BCUT2D eigenvalue weighted by atomic mass is 10.1. The van der Waals surface area contributed by atoms with Gasteiger partial charge < -0.3 is 15.0 Å². The van der Waals surface area contributed by atoms with Gasteiger partial charge in [-0.15, -0.1) is 0 Å². The van der Waals surface area contributed by atoms with Crippen LogP contribution in [0.5, 0.6) is 5.88 Å². The Morgan fingerprint density at radius 2 is 2.21 bits per heavy atom. The van der Waals surface area contributed by atoms with Crippen molar-refractivity contribution in [1.29, 1.82) is 0 Å². The van der Waals surface area contributed by atoms with Crippen LogP contribution in [0.3, 0.4) is 0 Å². The van der Waals surface area contributed by atoms with Crippen LogP contribution in [0.1, 0.15) is 30.9 Å². The standard InChI is InChI=1S/C13H19N5O/c1-3-5-18-6-4-15-12(18)7-10(14)11-8-13(19-2)17-9-16-11/h4,6,8-10H,3,5,7,14H2,1-2H3. The molecule has 0 aliphatic carbocycles. The van der Waals surface area contributed by atoms with E-state index in [9.17, 15) is 0 Å². The molecule has 19 heavy (non-hydrogen) atoms. The molecular weight excluding hydrogens is 242 g/mol. The lowest BCUT2D eigenvalue weighted by Gasteiger charge is -2.12.